The molecule has 0 bridgehead atoms. The van der Waals surface area contributed by atoms with E-state index in [1.807, 2.05) is 0 Å². The van der Waals surface area contributed by atoms with E-state index in [2.05, 4.69) is 10.6 Å². The van der Waals surface area contributed by atoms with Crippen molar-refractivity contribution in [2.75, 3.05) is 44.1 Å². The van der Waals surface area contributed by atoms with E-state index in [0.717, 1.165) is 0 Å². The normalized spacial score (nSPS) is 13.4. The lowest BCUT2D eigenvalue weighted by atomic mass is 10.1. The van der Waals surface area contributed by atoms with Gasteiger partial charge in [0.15, 0.2) is 11.5 Å². The molecule has 0 saturated heterocycles. The van der Waals surface area contributed by atoms with Crippen molar-refractivity contribution in [3.8, 4) is 17.2 Å². The molecule has 0 radical (unpaired) electrons. The van der Waals surface area contributed by atoms with Gasteiger partial charge in [-0.15, -0.1) is 0 Å². The number of methoxy groups -OCH3 is 2. The van der Waals surface area contributed by atoms with Gasteiger partial charge in [-0.1, -0.05) is 18.2 Å². The number of carbonyl (C=O) groups is 3. The number of fused-ring (bicyclic) bond motifs is 1. The summed E-state index contributed by atoms with van der Waals surface area (Å²) in [7, 11) is 2.99. The van der Waals surface area contributed by atoms with Crippen molar-refractivity contribution in [1.29, 1.82) is 0 Å². The second kappa shape index (κ2) is 11.2. The first-order valence-corrected chi connectivity index (χ1v) is 10.4. The number of nitrogens with zero attached hydrogens (tertiary/aromatic N) is 1. The summed E-state index contributed by atoms with van der Waals surface area (Å²) in [6.07, 6.45) is -1.14. The van der Waals surface area contributed by atoms with Crippen LogP contribution < -0.4 is 29.7 Å². The van der Waals surface area contributed by atoms with Crippen molar-refractivity contribution in [3.63, 3.8) is 0 Å². The van der Waals surface area contributed by atoms with Crippen LogP contribution in [0.4, 0.5) is 11.4 Å². The van der Waals surface area contributed by atoms with Crippen molar-refractivity contribution in [2.45, 2.75) is 18.9 Å². The summed E-state index contributed by atoms with van der Waals surface area (Å²) >= 11 is 0. The highest BCUT2D eigenvalue weighted by atomic mass is 16.5. The van der Waals surface area contributed by atoms with Crippen LogP contribution in [0.15, 0.2) is 42.5 Å². The summed E-state index contributed by atoms with van der Waals surface area (Å²) in [5, 5.41) is 15.5. The Hall–Kier alpha value is -3.79. The van der Waals surface area contributed by atoms with E-state index in [0.29, 0.717) is 28.6 Å². The number of aliphatic hydroxyl groups is 1. The summed E-state index contributed by atoms with van der Waals surface area (Å²) in [6.45, 7) is -0.255. The smallest absolute Gasteiger partial charge is 0.244 e. The molecule has 0 aromatic heterocycles. The lowest BCUT2D eigenvalue weighted by Gasteiger charge is -2.29. The van der Waals surface area contributed by atoms with Crippen LogP contribution in [0.3, 0.4) is 0 Å². The molecule has 0 aliphatic carbocycles. The molecule has 3 N–H and O–H groups in total. The van der Waals surface area contributed by atoms with E-state index < -0.39 is 12.0 Å². The largest absolute Gasteiger partial charge is 0.493 e. The molecular formula is C23H27N3O7. The van der Waals surface area contributed by atoms with Crippen LogP contribution in [-0.4, -0.2) is 62.8 Å². The fourth-order valence-electron chi connectivity index (χ4n) is 3.33. The van der Waals surface area contributed by atoms with Crippen LogP contribution in [0.2, 0.25) is 0 Å². The number of hydrogen-bond acceptors (Lipinski definition) is 7. The molecule has 33 heavy (non-hydrogen) atoms. The Bertz CT molecular complexity index is 989. The number of ether oxygens (including phenoxy) is 3. The molecule has 2 aromatic rings. The van der Waals surface area contributed by atoms with E-state index in [1.165, 1.54) is 19.1 Å². The highest BCUT2D eigenvalue weighted by Gasteiger charge is 2.26. The van der Waals surface area contributed by atoms with Crippen molar-refractivity contribution < 1.29 is 33.7 Å². The molecule has 1 heterocycles. The van der Waals surface area contributed by atoms with Crippen molar-refractivity contribution in [2.24, 2.45) is 0 Å². The molecule has 0 saturated carbocycles. The molecule has 1 aliphatic heterocycles. The summed E-state index contributed by atoms with van der Waals surface area (Å²) in [5.74, 6) is 0.242. The van der Waals surface area contributed by atoms with E-state index >= 15 is 0 Å². The number of hydrogen-bond donors (Lipinski definition) is 3. The number of carbonyl (C=O) groups excluding carboxylic acids is 3. The molecule has 3 amide bonds. The fourth-order valence-corrected chi connectivity index (χ4v) is 3.33. The van der Waals surface area contributed by atoms with Gasteiger partial charge in [0.05, 0.1) is 25.6 Å². The number of aliphatic hydroxyl groups excluding tert-OH is 1. The maximum Gasteiger partial charge on any atom is 0.244 e. The molecule has 10 nitrogen and oxygen atoms in total. The minimum Gasteiger partial charge on any atom is -0.493 e. The van der Waals surface area contributed by atoms with E-state index in [9.17, 15) is 19.5 Å². The van der Waals surface area contributed by atoms with E-state index in [4.69, 9.17) is 14.2 Å². The predicted molar refractivity (Wildman–Crippen MR) is 121 cm³/mol. The van der Waals surface area contributed by atoms with Gasteiger partial charge >= 0.3 is 0 Å². The topological polar surface area (TPSA) is 126 Å². The zero-order chi connectivity index (χ0) is 23.8. The number of amides is 3. The van der Waals surface area contributed by atoms with Gasteiger partial charge in [0.25, 0.3) is 0 Å². The Balaban J connectivity index is 1.45. The van der Waals surface area contributed by atoms with Gasteiger partial charge in [-0.3, -0.25) is 14.4 Å². The number of benzene rings is 2. The molecule has 2 aromatic carbocycles. The number of para-hydroxylation sites is 3. The van der Waals surface area contributed by atoms with Gasteiger partial charge < -0.3 is 34.9 Å². The van der Waals surface area contributed by atoms with Crippen molar-refractivity contribution in [1.82, 2.24) is 5.32 Å². The van der Waals surface area contributed by atoms with Crippen LogP contribution in [0.25, 0.3) is 0 Å². The molecular weight excluding hydrogens is 430 g/mol. The van der Waals surface area contributed by atoms with Gasteiger partial charge in [-0.25, -0.2) is 0 Å². The monoisotopic (exact) mass is 457 g/mol. The van der Waals surface area contributed by atoms with Crippen molar-refractivity contribution >= 4 is 29.1 Å². The number of anilines is 2. The molecule has 176 valence electrons. The Morgan fingerprint density at radius 3 is 2.48 bits per heavy atom. The minimum atomic E-state index is -0.989. The molecule has 3 rings (SSSR count). The summed E-state index contributed by atoms with van der Waals surface area (Å²) < 4.78 is 16.1. The Kier molecular flexibility index (Phi) is 8.09. The quantitative estimate of drug-likeness (QED) is 0.491. The van der Waals surface area contributed by atoms with Crippen LogP contribution in [-0.2, 0) is 14.4 Å². The minimum absolute atomic E-state index is 0.0561. The summed E-state index contributed by atoms with van der Waals surface area (Å²) in [6, 6.07) is 12.1. The third kappa shape index (κ3) is 6.13. The molecule has 0 fully saturated rings. The van der Waals surface area contributed by atoms with Gasteiger partial charge in [0, 0.05) is 19.4 Å². The third-order valence-electron chi connectivity index (χ3n) is 4.98. The lowest BCUT2D eigenvalue weighted by molar-refractivity contribution is -0.126. The second-order valence-corrected chi connectivity index (χ2v) is 7.31. The second-order valence-electron chi connectivity index (χ2n) is 7.31. The predicted octanol–water partition coefficient (Wildman–Crippen LogP) is 1.33. The highest BCUT2D eigenvalue weighted by Crippen LogP contribution is 2.36. The first-order valence-electron chi connectivity index (χ1n) is 10.4. The fraction of sp³-hybridized carbons (Fsp3) is 0.348. The summed E-state index contributed by atoms with van der Waals surface area (Å²) in [4.78, 5) is 38.0. The Morgan fingerprint density at radius 2 is 1.79 bits per heavy atom. The molecule has 1 aliphatic rings. The van der Waals surface area contributed by atoms with Gasteiger partial charge in [-0.05, 0) is 24.3 Å². The van der Waals surface area contributed by atoms with Crippen molar-refractivity contribution in [3.05, 3.63) is 42.5 Å². The standard InChI is InChI=1S/C23H27N3O7/c1-31-18-8-5-9-19(32-2)23(18)33-14-15(27)12-24-20(28)10-11-22(30)26-13-21(29)25-16-6-3-4-7-17(16)26/h3-9,15,27H,10-14H2,1-2H3,(H,24,28)(H,25,29). The van der Waals surface area contributed by atoms with Crippen LogP contribution >= 0.6 is 0 Å². The Morgan fingerprint density at radius 1 is 1.09 bits per heavy atom. The molecule has 1 atom stereocenters. The van der Waals surface area contributed by atoms with Gasteiger partial charge in [0.1, 0.15) is 19.3 Å². The first kappa shape index (κ1) is 23.9. The third-order valence-corrected chi connectivity index (χ3v) is 4.98. The molecule has 10 heteroatoms. The van der Waals surface area contributed by atoms with E-state index in [-0.39, 0.29) is 44.4 Å². The average molecular weight is 457 g/mol. The summed E-state index contributed by atoms with van der Waals surface area (Å²) in [5.41, 5.74) is 1.16. The lowest BCUT2D eigenvalue weighted by Crippen LogP contribution is -2.42. The molecule has 1 unspecified atom stereocenters. The van der Waals surface area contributed by atoms with Gasteiger partial charge in [0.2, 0.25) is 23.5 Å². The average Bonchev–Trinajstić information content (AvgIpc) is 2.83. The first-order chi connectivity index (χ1) is 15.9. The van der Waals surface area contributed by atoms with E-state index in [1.54, 1.807) is 42.5 Å². The van der Waals surface area contributed by atoms with Crippen LogP contribution in [0.5, 0.6) is 17.2 Å². The van der Waals surface area contributed by atoms with Crippen LogP contribution in [0.1, 0.15) is 12.8 Å². The maximum absolute atomic E-state index is 12.6. The van der Waals surface area contributed by atoms with Crippen LogP contribution in [0, 0.1) is 0 Å². The molecule has 0 spiro atoms. The SMILES string of the molecule is COc1cccc(OC)c1OCC(O)CNC(=O)CCC(=O)N1CC(=O)Nc2ccccc21. The zero-order valence-electron chi connectivity index (χ0n) is 18.5. The number of rotatable bonds is 10. The van der Waals surface area contributed by atoms with Gasteiger partial charge in [-0.2, -0.15) is 0 Å². The number of nitrogens with one attached hydrogen (secondary N) is 2. The maximum atomic E-state index is 12.6. The highest BCUT2D eigenvalue weighted by molar-refractivity contribution is 6.10. The zero-order valence-corrected chi connectivity index (χ0v) is 18.5. The Labute approximate surface area is 191 Å².